The van der Waals surface area contributed by atoms with Gasteiger partial charge < -0.3 is 28.8 Å². The van der Waals surface area contributed by atoms with Gasteiger partial charge in [-0.15, -0.1) is 0 Å². The standard InChI is InChI=1S/C14H28O6/c1-5-16-9-10-11(17-6-2)12(18-7-3)13(19-8-4)14(15)20-10/h10-15H,5-9H2,1-4H3. The summed E-state index contributed by atoms with van der Waals surface area (Å²) in [5.41, 5.74) is 0. The Morgan fingerprint density at radius 3 is 1.90 bits per heavy atom. The van der Waals surface area contributed by atoms with Gasteiger partial charge in [0.15, 0.2) is 6.29 Å². The molecule has 1 fully saturated rings. The van der Waals surface area contributed by atoms with E-state index in [4.69, 9.17) is 23.7 Å². The van der Waals surface area contributed by atoms with Gasteiger partial charge in [0.05, 0.1) is 6.61 Å². The van der Waals surface area contributed by atoms with Crippen LogP contribution in [0.1, 0.15) is 27.7 Å². The van der Waals surface area contributed by atoms with Gasteiger partial charge in [-0.05, 0) is 27.7 Å². The van der Waals surface area contributed by atoms with Crippen molar-refractivity contribution in [3.05, 3.63) is 0 Å². The molecule has 0 saturated carbocycles. The lowest BCUT2D eigenvalue weighted by molar-refractivity contribution is -0.310. The molecule has 1 aliphatic rings. The maximum absolute atomic E-state index is 10.1. The summed E-state index contributed by atoms with van der Waals surface area (Å²) in [7, 11) is 0. The lowest BCUT2D eigenvalue weighted by atomic mass is 9.98. The molecular weight excluding hydrogens is 264 g/mol. The van der Waals surface area contributed by atoms with Crippen LogP contribution in [-0.4, -0.2) is 68.8 Å². The van der Waals surface area contributed by atoms with Gasteiger partial charge in [0.2, 0.25) is 0 Å². The Balaban J connectivity index is 2.83. The summed E-state index contributed by atoms with van der Waals surface area (Å²) in [5.74, 6) is 0. The molecule has 0 aromatic rings. The average molecular weight is 292 g/mol. The molecule has 0 aromatic heterocycles. The molecule has 0 radical (unpaired) electrons. The topological polar surface area (TPSA) is 66.4 Å². The molecule has 0 bridgehead atoms. The number of hydrogen-bond acceptors (Lipinski definition) is 6. The molecule has 0 amide bonds. The van der Waals surface area contributed by atoms with E-state index < -0.39 is 12.4 Å². The molecule has 1 aliphatic heterocycles. The summed E-state index contributed by atoms with van der Waals surface area (Å²) in [6.07, 6.45) is -2.62. The fraction of sp³-hybridized carbons (Fsp3) is 1.00. The zero-order chi connectivity index (χ0) is 15.0. The van der Waals surface area contributed by atoms with Crippen molar-refractivity contribution in [3.63, 3.8) is 0 Å². The van der Waals surface area contributed by atoms with Crippen LogP contribution in [0, 0.1) is 0 Å². The third kappa shape index (κ3) is 4.65. The predicted molar refractivity (Wildman–Crippen MR) is 73.6 cm³/mol. The smallest absolute Gasteiger partial charge is 0.184 e. The monoisotopic (exact) mass is 292 g/mol. The van der Waals surface area contributed by atoms with Crippen molar-refractivity contribution < 1.29 is 28.8 Å². The molecule has 0 spiro atoms. The first kappa shape index (κ1) is 17.8. The zero-order valence-electron chi connectivity index (χ0n) is 12.9. The summed E-state index contributed by atoms with van der Waals surface area (Å²) in [6.45, 7) is 10.1. The van der Waals surface area contributed by atoms with Crippen LogP contribution >= 0.6 is 0 Å². The highest BCUT2D eigenvalue weighted by atomic mass is 16.7. The van der Waals surface area contributed by atoms with E-state index in [-0.39, 0.29) is 18.3 Å². The lowest BCUT2D eigenvalue weighted by Gasteiger charge is -2.44. The summed E-state index contributed by atoms with van der Waals surface area (Å²) in [4.78, 5) is 0. The highest BCUT2D eigenvalue weighted by molar-refractivity contribution is 4.92. The number of hydrogen-bond donors (Lipinski definition) is 1. The van der Waals surface area contributed by atoms with E-state index in [9.17, 15) is 5.11 Å². The molecule has 120 valence electrons. The fourth-order valence-electron chi connectivity index (χ4n) is 2.41. The first-order valence-corrected chi connectivity index (χ1v) is 7.45. The van der Waals surface area contributed by atoms with E-state index >= 15 is 0 Å². The van der Waals surface area contributed by atoms with E-state index in [1.807, 2.05) is 27.7 Å². The van der Waals surface area contributed by atoms with Crippen LogP contribution in [0.2, 0.25) is 0 Å². The van der Waals surface area contributed by atoms with Crippen molar-refractivity contribution in [3.8, 4) is 0 Å². The molecule has 5 unspecified atom stereocenters. The Bertz CT molecular complexity index is 250. The first-order valence-electron chi connectivity index (χ1n) is 7.45. The summed E-state index contributed by atoms with van der Waals surface area (Å²) in [6, 6.07) is 0. The van der Waals surface area contributed by atoms with E-state index in [0.717, 1.165) is 0 Å². The minimum atomic E-state index is -1.03. The van der Waals surface area contributed by atoms with Gasteiger partial charge in [-0.2, -0.15) is 0 Å². The van der Waals surface area contributed by atoms with Gasteiger partial charge in [0.25, 0.3) is 0 Å². The number of rotatable bonds is 9. The molecule has 6 nitrogen and oxygen atoms in total. The quantitative estimate of drug-likeness (QED) is 0.682. The lowest BCUT2D eigenvalue weighted by Crippen LogP contribution is -2.61. The molecule has 1 rings (SSSR count). The van der Waals surface area contributed by atoms with Gasteiger partial charge in [-0.1, -0.05) is 0 Å². The van der Waals surface area contributed by atoms with Gasteiger partial charge in [-0.25, -0.2) is 0 Å². The van der Waals surface area contributed by atoms with Crippen LogP contribution in [0.15, 0.2) is 0 Å². The SMILES string of the molecule is CCOCC1OC(O)C(OCC)C(OCC)C1OCC. The van der Waals surface area contributed by atoms with E-state index in [1.165, 1.54) is 0 Å². The van der Waals surface area contributed by atoms with Crippen LogP contribution in [-0.2, 0) is 23.7 Å². The zero-order valence-corrected chi connectivity index (χ0v) is 12.9. The van der Waals surface area contributed by atoms with Crippen LogP contribution in [0.3, 0.4) is 0 Å². The minimum Gasteiger partial charge on any atom is -0.379 e. The summed E-state index contributed by atoms with van der Waals surface area (Å²) >= 11 is 0. The predicted octanol–water partition coefficient (Wildman–Crippen LogP) is 0.955. The fourth-order valence-corrected chi connectivity index (χ4v) is 2.41. The third-order valence-electron chi connectivity index (χ3n) is 3.17. The molecule has 1 saturated heterocycles. The Hall–Kier alpha value is -0.240. The summed E-state index contributed by atoms with van der Waals surface area (Å²) in [5, 5.41) is 10.1. The average Bonchev–Trinajstić information content (AvgIpc) is 2.44. The van der Waals surface area contributed by atoms with Crippen LogP contribution < -0.4 is 0 Å². The second-order valence-electron chi connectivity index (χ2n) is 4.48. The Kier molecular flexibility index (Phi) is 8.60. The van der Waals surface area contributed by atoms with Crippen molar-refractivity contribution in [2.24, 2.45) is 0 Å². The van der Waals surface area contributed by atoms with Crippen LogP contribution in [0.25, 0.3) is 0 Å². The Morgan fingerprint density at radius 2 is 1.35 bits per heavy atom. The minimum absolute atomic E-state index is 0.313. The van der Waals surface area contributed by atoms with E-state index in [1.54, 1.807) is 0 Å². The molecule has 6 heteroatoms. The molecule has 0 aromatic carbocycles. The molecule has 20 heavy (non-hydrogen) atoms. The van der Waals surface area contributed by atoms with Crippen molar-refractivity contribution in [1.29, 1.82) is 0 Å². The molecule has 5 atom stereocenters. The maximum atomic E-state index is 10.1. The highest BCUT2D eigenvalue weighted by Gasteiger charge is 2.47. The van der Waals surface area contributed by atoms with E-state index in [2.05, 4.69) is 0 Å². The Labute approximate surface area is 121 Å². The number of ether oxygens (including phenoxy) is 5. The Morgan fingerprint density at radius 1 is 0.800 bits per heavy atom. The molecule has 1 N–H and O–H groups in total. The van der Waals surface area contributed by atoms with Crippen molar-refractivity contribution >= 4 is 0 Å². The number of aliphatic hydroxyl groups is 1. The van der Waals surface area contributed by atoms with Crippen molar-refractivity contribution in [1.82, 2.24) is 0 Å². The third-order valence-corrected chi connectivity index (χ3v) is 3.17. The van der Waals surface area contributed by atoms with Crippen molar-refractivity contribution in [2.45, 2.75) is 58.4 Å². The normalized spacial score (nSPS) is 34.4. The van der Waals surface area contributed by atoms with Crippen LogP contribution in [0.5, 0.6) is 0 Å². The second-order valence-corrected chi connectivity index (χ2v) is 4.48. The maximum Gasteiger partial charge on any atom is 0.184 e. The molecule has 0 aliphatic carbocycles. The van der Waals surface area contributed by atoms with Gasteiger partial charge >= 0.3 is 0 Å². The largest absolute Gasteiger partial charge is 0.379 e. The second kappa shape index (κ2) is 9.65. The molecule has 1 heterocycles. The first-order chi connectivity index (χ1) is 9.69. The highest BCUT2D eigenvalue weighted by Crippen LogP contribution is 2.27. The van der Waals surface area contributed by atoms with E-state index in [0.29, 0.717) is 33.0 Å². The molecular formula is C14H28O6. The van der Waals surface area contributed by atoms with Crippen LogP contribution in [0.4, 0.5) is 0 Å². The summed E-state index contributed by atoms with van der Waals surface area (Å²) < 4.78 is 28.1. The van der Waals surface area contributed by atoms with Gasteiger partial charge in [0.1, 0.15) is 24.4 Å². The number of aliphatic hydroxyl groups excluding tert-OH is 1. The van der Waals surface area contributed by atoms with Gasteiger partial charge in [0, 0.05) is 26.4 Å². The van der Waals surface area contributed by atoms with Crippen molar-refractivity contribution in [2.75, 3.05) is 33.0 Å². The van der Waals surface area contributed by atoms with Gasteiger partial charge in [-0.3, -0.25) is 0 Å².